The van der Waals surface area contributed by atoms with E-state index in [0.29, 0.717) is 0 Å². The van der Waals surface area contributed by atoms with Crippen LogP contribution in [0.4, 0.5) is 0 Å². The van der Waals surface area contributed by atoms with Crippen LogP contribution in [-0.2, 0) is 0 Å². The zero-order valence-corrected chi connectivity index (χ0v) is 11.4. The third-order valence-corrected chi connectivity index (χ3v) is 3.52. The quantitative estimate of drug-likeness (QED) is 0.781. The molecule has 0 radical (unpaired) electrons. The molecule has 0 aliphatic rings. The first-order chi connectivity index (χ1) is 7.19. The molecule has 0 saturated heterocycles. The number of aryl methyl sites for hydroxylation is 1. The summed E-state index contributed by atoms with van der Waals surface area (Å²) in [5, 5.41) is 1.87. The topological polar surface area (TPSA) is 33.2 Å². The first-order valence-electron chi connectivity index (χ1n) is 4.96. The van der Waals surface area contributed by atoms with Crippen LogP contribution in [0.25, 0.3) is 0 Å². The summed E-state index contributed by atoms with van der Waals surface area (Å²) in [4.78, 5) is 18.7. The van der Waals surface area contributed by atoms with Crippen molar-refractivity contribution in [2.24, 2.45) is 0 Å². The van der Waals surface area contributed by atoms with Gasteiger partial charge in [0.15, 0.2) is 0 Å². The smallest absolute Gasteiger partial charge is 0.265 e. The van der Waals surface area contributed by atoms with Gasteiger partial charge in [0.1, 0.15) is 4.88 Å². The minimum absolute atomic E-state index is 0.101. The number of nitrogens with zero attached hydrogens (tertiary/aromatic N) is 2. The number of rotatable bonds is 5. The highest BCUT2D eigenvalue weighted by molar-refractivity contribution is 9.09. The molecule has 1 aromatic rings. The van der Waals surface area contributed by atoms with Crippen molar-refractivity contribution in [2.45, 2.75) is 20.3 Å². The van der Waals surface area contributed by atoms with Gasteiger partial charge in [-0.15, -0.1) is 11.3 Å². The number of carbonyl (C=O) groups excluding carboxylic acids is 1. The molecule has 0 bridgehead atoms. The van der Waals surface area contributed by atoms with Crippen molar-refractivity contribution >= 4 is 33.2 Å². The molecule has 0 spiro atoms. The van der Waals surface area contributed by atoms with E-state index in [2.05, 4.69) is 20.9 Å². The normalized spacial score (nSPS) is 10.3. The summed E-state index contributed by atoms with van der Waals surface area (Å²) in [6, 6.07) is 0. The number of hydrogen-bond acceptors (Lipinski definition) is 3. The Morgan fingerprint density at radius 1 is 1.67 bits per heavy atom. The fourth-order valence-corrected chi connectivity index (χ4v) is 2.27. The van der Waals surface area contributed by atoms with E-state index in [0.717, 1.165) is 34.7 Å². The van der Waals surface area contributed by atoms with Crippen LogP contribution < -0.4 is 0 Å². The molecule has 0 aromatic carbocycles. The second kappa shape index (κ2) is 6.23. The predicted octanol–water partition coefficient (Wildman–Crippen LogP) is 2.70. The highest BCUT2D eigenvalue weighted by atomic mass is 79.9. The minimum atomic E-state index is 0.101. The van der Waals surface area contributed by atoms with Gasteiger partial charge in [0.25, 0.3) is 5.91 Å². The molecule has 0 aliphatic heterocycles. The number of alkyl halides is 1. The molecule has 0 unspecified atom stereocenters. The monoisotopic (exact) mass is 290 g/mol. The van der Waals surface area contributed by atoms with Crippen LogP contribution in [-0.4, -0.2) is 34.2 Å². The van der Waals surface area contributed by atoms with Crippen LogP contribution in [0, 0.1) is 6.92 Å². The summed E-state index contributed by atoms with van der Waals surface area (Å²) in [6.07, 6.45) is 2.65. The molecule has 1 amide bonds. The van der Waals surface area contributed by atoms with Gasteiger partial charge in [0.2, 0.25) is 0 Å². The van der Waals surface area contributed by atoms with E-state index in [1.807, 2.05) is 18.7 Å². The fourth-order valence-electron chi connectivity index (χ4n) is 1.27. The molecule has 0 atom stereocenters. The molecule has 1 heterocycles. The van der Waals surface area contributed by atoms with E-state index in [-0.39, 0.29) is 5.91 Å². The molecule has 0 saturated carbocycles. The van der Waals surface area contributed by atoms with Gasteiger partial charge < -0.3 is 4.90 Å². The van der Waals surface area contributed by atoms with Crippen molar-refractivity contribution in [3.8, 4) is 0 Å². The van der Waals surface area contributed by atoms with Gasteiger partial charge >= 0.3 is 0 Å². The molecule has 1 aromatic heterocycles. The van der Waals surface area contributed by atoms with Crippen molar-refractivity contribution < 1.29 is 4.79 Å². The Hall–Kier alpha value is -0.420. The van der Waals surface area contributed by atoms with E-state index in [9.17, 15) is 4.79 Å². The molecule has 5 heteroatoms. The number of aromatic nitrogens is 1. The Morgan fingerprint density at radius 3 is 2.87 bits per heavy atom. The molecular weight excluding hydrogens is 276 g/mol. The van der Waals surface area contributed by atoms with Gasteiger partial charge in [-0.1, -0.05) is 15.9 Å². The van der Waals surface area contributed by atoms with Crippen LogP contribution in [0.5, 0.6) is 0 Å². The Bertz CT molecular complexity index is 327. The third-order valence-electron chi connectivity index (χ3n) is 2.06. The van der Waals surface area contributed by atoms with Gasteiger partial charge in [-0.3, -0.25) is 4.79 Å². The average Bonchev–Trinajstić information content (AvgIpc) is 2.65. The largest absolute Gasteiger partial charge is 0.338 e. The molecule has 1 rings (SSSR count). The van der Waals surface area contributed by atoms with Gasteiger partial charge in [0.05, 0.1) is 11.2 Å². The Balaban J connectivity index is 2.64. The summed E-state index contributed by atoms with van der Waals surface area (Å²) in [5.41, 5.74) is 0. The van der Waals surface area contributed by atoms with Gasteiger partial charge in [-0.25, -0.2) is 4.98 Å². The van der Waals surface area contributed by atoms with E-state index in [1.54, 1.807) is 6.20 Å². The van der Waals surface area contributed by atoms with Crippen LogP contribution in [0.3, 0.4) is 0 Å². The second-order valence-corrected chi connectivity index (χ2v) is 5.20. The lowest BCUT2D eigenvalue weighted by molar-refractivity contribution is 0.0769. The first kappa shape index (κ1) is 12.6. The van der Waals surface area contributed by atoms with Crippen LogP contribution in [0.1, 0.15) is 28.0 Å². The van der Waals surface area contributed by atoms with Crippen LogP contribution in [0.2, 0.25) is 0 Å². The lowest BCUT2D eigenvalue weighted by atomic mass is 10.3. The lowest BCUT2D eigenvalue weighted by Crippen LogP contribution is -2.31. The summed E-state index contributed by atoms with van der Waals surface area (Å²) < 4.78 is 0. The summed E-state index contributed by atoms with van der Waals surface area (Å²) >= 11 is 4.83. The number of hydrogen-bond donors (Lipinski definition) is 0. The maximum absolute atomic E-state index is 12.0. The standard InChI is InChI=1S/C10H15BrN2OS/c1-3-13(6-4-5-11)10(14)9-7-12-8(2)15-9/h7H,3-6H2,1-2H3. The molecular formula is C10H15BrN2OS. The van der Waals surface area contributed by atoms with E-state index in [1.165, 1.54) is 11.3 Å². The summed E-state index contributed by atoms with van der Waals surface area (Å²) in [5.74, 6) is 0.101. The Kier molecular flexibility index (Phi) is 5.25. The summed E-state index contributed by atoms with van der Waals surface area (Å²) in [6.45, 7) is 5.47. The lowest BCUT2D eigenvalue weighted by Gasteiger charge is -2.19. The maximum atomic E-state index is 12.0. The average molecular weight is 291 g/mol. The number of thiazole rings is 1. The summed E-state index contributed by atoms with van der Waals surface area (Å²) in [7, 11) is 0. The van der Waals surface area contributed by atoms with E-state index < -0.39 is 0 Å². The molecule has 0 N–H and O–H groups in total. The number of carbonyl (C=O) groups is 1. The number of amides is 1. The Labute approximate surface area is 103 Å². The fraction of sp³-hybridized carbons (Fsp3) is 0.600. The van der Waals surface area contributed by atoms with Crippen LogP contribution in [0.15, 0.2) is 6.20 Å². The van der Waals surface area contributed by atoms with Crippen LogP contribution >= 0.6 is 27.3 Å². The van der Waals surface area contributed by atoms with Crippen molar-refractivity contribution in [3.63, 3.8) is 0 Å². The highest BCUT2D eigenvalue weighted by Gasteiger charge is 2.15. The predicted molar refractivity (Wildman–Crippen MR) is 66.8 cm³/mol. The van der Waals surface area contributed by atoms with Gasteiger partial charge in [0, 0.05) is 18.4 Å². The van der Waals surface area contributed by atoms with Crippen molar-refractivity contribution in [1.82, 2.24) is 9.88 Å². The molecule has 84 valence electrons. The molecule has 0 aliphatic carbocycles. The first-order valence-corrected chi connectivity index (χ1v) is 6.90. The maximum Gasteiger partial charge on any atom is 0.265 e. The van der Waals surface area contributed by atoms with Crippen molar-refractivity contribution in [2.75, 3.05) is 18.4 Å². The van der Waals surface area contributed by atoms with Gasteiger partial charge in [-0.2, -0.15) is 0 Å². The Morgan fingerprint density at radius 2 is 2.40 bits per heavy atom. The minimum Gasteiger partial charge on any atom is -0.338 e. The second-order valence-electron chi connectivity index (χ2n) is 3.17. The van der Waals surface area contributed by atoms with E-state index >= 15 is 0 Å². The molecule has 15 heavy (non-hydrogen) atoms. The SMILES string of the molecule is CCN(CCCBr)C(=O)c1cnc(C)s1. The van der Waals surface area contributed by atoms with E-state index in [4.69, 9.17) is 0 Å². The van der Waals surface area contributed by atoms with Crippen molar-refractivity contribution in [3.05, 3.63) is 16.1 Å². The third kappa shape index (κ3) is 3.57. The molecule has 0 fully saturated rings. The molecule has 3 nitrogen and oxygen atoms in total. The van der Waals surface area contributed by atoms with Crippen molar-refractivity contribution in [1.29, 1.82) is 0 Å². The van der Waals surface area contributed by atoms with Gasteiger partial charge in [-0.05, 0) is 20.3 Å². The zero-order valence-electron chi connectivity index (χ0n) is 8.99. The highest BCUT2D eigenvalue weighted by Crippen LogP contribution is 2.14. The number of halogens is 1. The zero-order chi connectivity index (χ0) is 11.3.